The molecule has 0 aliphatic rings. The minimum atomic E-state index is 0.698. The first kappa shape index (κ1) is 16.3. The number of aliphatic imine (C=N–C) groups is 1. The Kier molecular flexibility index (Phi) is 5.30. The van der Waals surface area contributed by atoms with Crippen molar-refractivity contribution in [3.05, 3.63) is 90.0 Å². The molecule has 3 heteroatoms. The van der Waals surface area contributed by atoms with Gasteiger partial charge in [0.1, 0.15) is 0 Å². The molecule has 0 spiro atoms. The molecule has 1 unspecified atom stereocenters. The molecule has 118 valence electrons. The van der Waals surface area contributed by atoms with Crippen molar-refractivity contribution in [2.24, 2.45) is 4.99 Å². The van der Waals surface area contributed by atoms with Crippen LogP contribution in [0.5, 0.6) is 0 Å². The van der Waals surface area contributed by atoms with Gasteiger partial charge in [0, 0.05) is 11.7 Å². The second-order valence-electron chi connectivity index (χ2n) is 5.38. The summed E-state index contributed by atoms with van der Waals surface area (Å²) in [6, 6.07) is 25.8. The smallest absolute Gasteiger partial charge is 0.150 e. The van der Waals surface area contributed by atoms with E-state index >= 15 is 0 Å². The molecule has 0 bridgehead atoms. The lowest BCUT2D eigenvalue weighted by molar-refractivity contribution is 0.112. The molecule has 0 fully saturated rings. The fourth-order valence-electron chi connectivity index (χ4n) is 2.59. The summed E-state index contributed by atoms with van der Waals surface area (Å²) in [7, 11) is 2.73. The third kappa shape index (κ3) is 3.67. The van der Waals surface area contributed by atoms with Gasteiger partial charge in [0.2, 0.25) is 0 Å². The first-order valence-corrected chi connectivity index (χ1v) is 8.61. The Morgan fingerprint density at radius 3 is 2.21 bits per heavy atom. The number of benzene rings is 3. The zero-order chi connectivity index (χ0) is 16.8. The zero-order valence-corrected chi connectivity index (χ0v) is 14.4. The van der Waals surface area contributed by atoms with E-state index in [-0.39, 0.29) is 0 Å². The Balaban J connectivity index is 1.92. The molecule has 0 aromatic heterocycles. The monoisotopic (exact) mass is 331 g/mol. The van der Waals surface area contributed by atoms with E-state index in [1.807, 2.05) is 66.7 Å². The van der Waals surface area contributed by atoms with Gasteiger partial charge in [-0.1, -0.05) is 66.7 Å². The Bertz CT molecular complexity index is 855. The molecule has 2 nitrogen and oxygen atoms in total. The van der Waals surface area contributed by atoms with Crippen molar-refractivity contribution >= 4 is 26.9 Å². The van der Waals surface area contributed by atoms with E-state index < -0.39 is 0 Å². The molecule has 0 amide bonds. The highest BCUT2D eigenvalue weighted by molar-refractivity contribution is 7.18. The number of nitrogens with zero attached hydrogens (tertiary/aromatic N) is 1. The Morgan fingerprint density at radius 2 is 1.54 bits per heavy atom. The summed E-state index contributed by atoms with van der Waals surface area (Å²) in [5.74, 6) is 0. The van der Waals surface area contributed by atoms with Crippen LogP contribution in [-0.2, 0) is 0 Å². The van der Waals surface area contributed by atoms with Crippen molar-refractivity contribution in [3.63, 3.8) is 0 Å². The molecule has 0 aliphatic carbocycles. The van der Waals surface area contributed by atoms with E-state index in [2.05, 4.69) is 21.4 Å². The van der Waals surface area contributed by atoms with Crippen molar-refractivity contribution < 1.29 is 4.79 Å². The first-order chi connectivity index (χ1) is 11.8. The van der Waals surface area contributed by atoms with Crippen LogP contribution in [-0.4, -0.2) is 18.2 Å². The fraction of sp³-hybridized carbons (Fsp3) is 0.0476. The number of hydrogen-bond donors (Lipinski definition) is 0. The van der Waals surface area contributed by atoms with E-state index in [1.54, 1.807) is 0 Å². The third-order valence-electron chi connectivity index (χ3n) is 3.83. The molecule has 3 aromatic carbocycles. The Morgan fingerprint density at radius 1 is 0.875 bits per heavy atom. The van der Waals surface area contributed by atoms with E-state index in [4.69, 9.17) is 4.99 Å². The van der Waals surface area contributed by atoms with Gasteiger partial charge in [0.05, 0.1) is 11.4 Å². The molecule has 0 heterocycles. The summed E-state index contributed by atoms with van der Waals surface area (Å²) in [6.07, 6.45) is 1.68. The van der Waals surface area contributed by atoms with Gasteiger partial charge in [-0.25, -0.2) is 0 Å². The molecular formula is C21H18NOP. The van der Waals surface area contributed by atoms with E-state index in [0.717, 1.165) is 40.5 Å². The van der Waals surface area contributed by atoms with Crippen LogP contribution in [0.15, 0.2) is 83.9 Å². The van der Waals surface area contributed by atoms with Gasteiger partial charge < -0.3 is 0 Å². The maximum Gasteiger partial charge on any atom is 0.150 e. The van der Waals surface area contributed by atoms with Crippen LogP contribution in [0.25, 0.3) is 11.1 Å². The quantitative estimate of drug-likeness (QED) is 0.361. The van der Waals surface area contributed by atoms with Crippen molar-refractivity contribution in [2.45, 2.75) is 0 Å². The third-order valence-corrected chi connectivity index (χ3v) is 4.22. The number of carbonyl (C=O) groups excluding carboxylic acids is 1. The summed E-state index contributed by atoms with van der Waals surface area (Å²) in [6.45, 7) is 0. The number of aldehydes is 1. The molecule has 0 saturated carbocycles. The highest BCUT2D eigenvalue weighted by Gasteiger charge is 2.04. The van der Waals surface area contributed by atoms with Gasteiger partial charge >= 0.3 is 0 Å². The number of hydrogen-bond acceptors (Lipinski definition) is 2. The highest BCUT2D eigenvalue weighted by atomic mass is 31.0. The lowest BCUT2D eigenvalue weighted by Crippen LogP contribution is -2.01. The Hall–Kier alpha value is -2.57. The van der Waals surface area contributed by atoms with E-state index in [0.29, 0.717) is 5.56 Å². The van der Waals surface area contributed by atoms with Gasteiger partial charge in [0.25, 0.3) is 0 Å². The van der Waals surface area contributed by atoms with Crippen LogP contribution in [0.3, 0.4) is 0 Å². The van der Waals surface area contributed by atoms with Crippen LogP contribution in [0.4, 0.5) is 5.69 Å². The van der Waals surface area contributed by atoms with E-state index in [1.165, 1.54) is 0 Å². The minimum Gasteiger partial charge on any atom is -0.298 e. The lowest BCUT2D eigenvalue weighted by Gasteiger charge is -2.07. The van der Waals surface area contributed by atoms with Crippen LogP contribution >= 0.6 is 9.24 Å². The summed E-state index contributed by atoms with van der Waals surface area (Å²) < 4.78 is 0. The second-order valence-corrected chi connectivity index (χ2v) is 5.79. The topological polar surface area (TPSA) is 29.4 Å². The highest BCUT2D eigenvalue weighted by Crippen LogP contribution is 2.25. The Labute approximate surface area is 144 Å². The standard InChI is InChI=1S/C21H18NOP/c23-14-18-8-4-5-9-20(18)16-10-12-19(13-11-16)22-21(15-24)17-6-2-1-3-7-17/h1-14H,15,24H2. The average Bonchev–Trinajstić information content (AvgIpc) is 2.67. The molecule has 1 atom stereocenters. The van der Waals surface area contributed by atoms with Crippen molar-refractivity contribution in [2.75, 3.05) is 6.16 Å². The predicted molar refractivity (Wildman–Crippen MR) is 104 cm³/mol. The van der Waals surface area contributed by atoms with Gasteiger partial charge in [-0.05, 0) is 28.8 Å². The molecule has 0 saturated heterocycles. The summed E-state index contributed by atoms with van der Waals surface area (Å²) in [5, 5.41) is 0. The van der Waals surface area contributed by atoms with Gasteiger partial charge in [-0.3, -0.25) is 9.79 Å². The van der Waals surface area contributed by atoms with Crippen molar-refractivity contribution in [1.29, 1.82) is 0 Å². The summed E-state index contributed by atoms with van der Waals surface area (Å²) in [5.41, 5.74) is 5.72. The number of rotatable bonds is 5. The van der Waals surface area contributed by atoms with Crippen LogP contribution in [0.2, 0.25) is 0 Å². The van der Waals surface area contributed by atoms with Crippen LogP contribution < -0.4 is 0 Å². The molecule has 24 heavy (non-hydrogen) atoms. The van der Waals surface area contributed by atoms with Gasteiger partial charge in [-0.2, -0.15) is 0 Å². The first-order valence-electron chi connectivity index (χ1n) is 7.79. The lowest BCUT2D eigenvalue weighted by atomic mass is 10.0. The molecule has 0 aliphatic heterocycles. The summed E-state index contributed by atoms with van der Waals surface area (Å²) in [4.78, 5) is 15.9. The maximum absolute atomic E-state index is 11.2. The molecular weight excluding hydrogens is 313 g/mol. The van der Waals surface area contributed by atoms with Crippen molar-refractivity contribution in [1.82, 2.24) is 0 Å². The van der Waals surface area contributed by atoms with Crippen LogP contribution in [0, 0.1) is 0 Å². The van der Waals surface area contributed by atoms with Crippen LogP contribution in [0.1, 0.15) is 15.9 Å². The number of carbonyl (C=O) groups is 1. The molecule has 0 radical (unpaired) electrons. The van der Waals surface area contributed by atoms with Gasteiger partial charge in [-0.15, -0.1) is 9.24 Å². The molecule has 3 rings (SSSR count). The maximum atomic E-state index is 11.2. The predicted octanol–water partition coefficient (Wildman–Crippen LogP) is 5.16. The fourth-order valence-corrected chi connectivity index (χ4v) is 2.92. The summed E-state index contributed by atoms with van der Waals surface area (Å²) >= 11 is 0. The van der Waals surface area contributed by atoms with E-state index in [9.17, 15) is 4.79 Å². The van der Waals surface area contributed by atoms with Gasteiger partial charge in [0.15, 0.2) is 6.29 Å². The van der Waals surface area contributed by atoms with Crippen molar-refractivity contribution in [3.8, 4) is 11.1 Å². The largest absolute Gasteiger partial charge is 0.298 e. The molecule has 3 aromatic rings. The second kappa shape index (κ2) is 7.81. The average molecular weight is 331 g/mol. The zero-order valence-electron chi connectivity index (χ0n) is 13.2. The normalized spacial score (nSPS) is 11.3. The SMILES string of the molecule is O=Cc1ccccc1-c1ccc(N=C(CP)c2ccccc2)cc1. The minimum absolute atomic E-state index is 0.698. The molecule has 0 N–H and O–H groups in total.